The van der Waals surface area contributed by atoms with Gasteiger partial charge in [-0.25, -0.2) is 0 Å². The van der Waals surface area contributed by atoms with Crippen molar-refractivity contribution < 1.29 is 4.79 Å². The Labute approximate surface area is 49.1 Å². The smallest absolute Gasteiger partial charge is 0.220 e. The number of hydrogen-bond donors (Lipinski definition) is 1. The molecule has 1 amide bonds. The molecule has 1 N–H and O–H groups in total. The summed E-state index contributed by atoms with van der Waals surface area (Å²) in [4.78, 5) is 10.1. The van der Waals surface area contributed by atoms with E-state index in [1.54, 1.807) is 0 Å². The maximum Gasteiger partial charge on any atom is 0.220 e. The van der Waals surface area contributed by atoms with Crippen LogP contribution in [0.5, 0.6) is 0 Å². The number of carbonyl (C=O) groups excluding carboxylic acids is 1. The molecule has 0 radical (unpaired) electrons. The second kappa shape index (κ2) is 4.41. The van der Waals surface area contributed by atoms with E-state index in [4.69, 9.17) is 5.16 Å². The van der Waals surface area contributed by atoms with Gasteiger partial charge in [-0.3, -0.25) is 4.79 Å². The molecule has 1 heterocycles. The van der Waals surface area contributed by atoms with E-state index in [0.29, 0.717) is 0 Å². The molecule has 3 nitrogen and oxygen atoms in total. The van der Waals surface area contributed by atoms with Crippen LogP contribution >= 0.6 is 0 Å². The van der Waals surface area contributed by atoms with E-state index in [0.717, 1.165) is 19.4 Å². The van der Waals surface area contributed by atoms with Gasteiger partial charge in [0.25, 0.3) is 0 Å². The molecule has 0 atom stereocenters. The van der Waals surface area contributed by atoms with Gasteiger partial charge >= 0.3 is 12.6 Å². The van der Waals surface area contributed by atoms with Crippen molar-refractivity contribution in [3.63, 3.8) is 0 Å². The summed E-state index contributed by atoms with van der Waals surface area (Å²) in [5.74, 6) is 0.204. The van der Waals surface area contributed by atoms with Crippen LogP contribution < -0.4 is 5.32 Å². The molecule has 1 rings (SSSR count). The molecule has 1 aliphatic rings. The van der Waals surface area contributed by atoms with E-state index < -0.39 is 0 Å². The van der Waals surface area contributed by atoms with Gasteiger partial charge in [-0.1, -0.05) is 0 Å². The van der Waals surface area contributed by atoms with Crippen LogP contribution in [0.15, 0.2) is 0 Å². The summed E-state index contributed by atoms with van der Waals surface area (Å²) in [5.41, 5.74) is 0. The number of carbonyl (C=O) groups is 1. The van der Waals surface area contributed by atoms with Crippen molar-refractivity contribution in [2.75, 3.05) is 6.54 Å². The van der Waals surface area contributed by atoms with Crippen molar-refractivity contribution >= 4 is 13.4 Å². The zero-order valence-electron chi connectivity index (χ0n) is 4.55. The quantitative estimate of drug-likeness (QED) is 0.428. The summed E-state index contributed by atoms with van der Waals surface area (Å²) in [6.45, 7) is 0.888. The van der Waals surface area contributed by atoms with Crippen molar-refractivity contribution in [3.05, 3.63) is 0 Å². The molecular weight excluding hydrogens is 103 g/mol. The molecule has 0 saturated carbocycles. The first-order valence-corrected chi connectivity index (χ1v) is 2.42. The van der Waals surface area contributed by atoms with Gasteiger partial charge in [0.15, 0.2) is 0 Å². The number of nitrogens with one attached hydrogen (secondary N) is 1. The van der Waals surface area contributed by atoms with Crippen LogP contribution in [0.4, 0.5) is 0 Å². The van der Waals surface area contributed by atoms with Gasteiger partial charge in [0.2, 0.25) is 5.91 Å². The Morgan fingerprint density at radius 1 is 1.62 bits per heavy atom. The maximum atomic E-state index is 10.1. The van der Waals surface area contributed by atoms with Crippen LogP contribution in [-0.2, 0) is 4.79 Å². The summed E-state index contributed by atoms with van der Waals surface area (Å²) in [5, 5.41) is 9.18. The minimum Gasteiger partial charge on any atom is -0.356 e. The normalized spacial score (nSPS) is 16.4. The molecule has 1 aliphatic heterocycles. The van der Waals surface area contributed by atoms with E-state index in [1.165, 1.54) is 0 Å². The van der Waals surface area contributed by atoms with Crippen LogP contribution in [0.1, 0.15) is 12.8 Å². The van der Waals surface area contributed by atoms with E-state index in [9.17, 15) is 4.79 Å². The molecule has 1 fully saturated rings. The Bertz CT molecular complexity index is 93.5. The second-order valence-electron chi connectivity index (χ2n) is 1.45. The molecule has 0 bridgehead atoms. The number of hydrogen-bond acceptors (Lipinski definition) is 2. The fraction of sp³-hybridized carbons (Fsp3) is 0.750. The fourth-order valence-electron chi connectivity index (χ4n) is 0.565. The molecule has 0 aromatic heterocycles. The SMILES string of the molecule is B#N.O=C1CCCN1. The molecule has 1 saturated heterocycles. The Balaban J connectivity index is 0.000000222. The van der Waals surface area contributed by atoms with Gasteiger partial charge in [0, 0.05) is 13.0 Å². The monoisotopic (exact) mass is 110 g/mol. The zero-order valence-corrected chi connectivity index (χ0v) is 4.55. The van der Waals surface area contributed by atoms with Crippen LogP contribution in [0.3, 0.4) is 0 Å². The third-order valence-electron chi connectivity index (χ3n) is 0.903. The Hall–Kier alpha value is -0.755. The number of rotatable bonds is 0. The number of nitrogens with zero attached hydrogens (tertiary/aromatic N) is 1. The van der Waals surface area contributed by atoms with Crippen molar-refractivity contribution in [3.8, 4) is 0 Å². The predicted octanol–water partition coefficient (Wildman–Crippen LogP) is -0.469. The summed E-state index contributed by atoms with van der Waals surface area (Å²) in [6.07, 6.45) is 1.76. The van der Waals surface area contributed by atoms with Crippen molar-refractivity contribution in [2.45, 2.75) is 12.8 Å². The van der Waals surface area contributed by atoms with Gasteiger partial charge in [0.05, 0.1) is 0 Å². The molecule has 0 aromatic carbocycles. The average Bonchev–Trinajstić information content (AvgIpc) is 2.24. The minimum atomic E-state index is 0.204. The molecule has 4 heteroatoms. The summed E-state index contributed by atoms with van der Waals surface area (Å²) >= 11 is 0. The molecule has 0 aromatic rings. The Morgan fingerprint density at radius 3 is 2.38 bits per heavy atom. The van der Waals surface area contributed by atoms with Crippen LogP contribution in [-0.4, -0.2) is 19.9 Å². The Kier molecular flexibility index (Phi) is 3.99. The van der Waals surface area contributed by atoms with Gasteiger partial charge in [-0.05, 0) is 6.42 Å². The Morgan fingerprint density at radius 2 is 2.25 bits per heavy atom. The topological polar surface area (TPSA) is 52.9 Å². The molecule has 0 aliphatic carbocycles. The number of amides is 1. The van der Waals surface area contributed by atoms with Gasteiger partial charge in [0.1, 0.15) is 0 Å². The van der Waals surface area contributed by atoms with Crippen LogP contribution in [0.25, 0.3) is 0 Å². The van der Waals surface area contributed by atoms with Crippen LogP contribution in [0, 0.1) is 5.16 Å². The first kappa shape index (κ1) is 7.24. The first-order valence-electron chi connectivity index (χ1n) is 2.42. The van der Waals surface area contributed by atoms with E-state index in [-0.39, 0.29) is 5.91 Å². The fourth-order valence-corrected chi connectivity index (χ4v) is 0.565. The summed E-state index contributed by atoms with van der Waals surface area (Å²) in [6, 6.07) is 0. The molecule has 0 spiro atoms. The molecular formula is C4H7BN2O. The van der Waals surface area contributed by atoms with Crippen molar-refractivity contribution in [2.24, 2.45) is 0 Å². The zero-order chi connectivity index (χ0) is 6.41. The standard InChI is InChI=1S/C4H7NO.BN/c6-4-2-1-3-5-4;1-2/h1-3H2,(H,5,6);. The second-order valence-corrected chi connectivity index (χ2v) is 1.45. The first-order chi connectivity index (χ1) is 3.89. The minimum absolute atomic E-state index is 0.204. The third kappa shape index (κ3) is 2.42. The van der Waals surface area contributed by atoms with Gasteiger partial charge < -0.3 is 5.32 Å². The van der Waals surface area contributed by atoms with Gasteiger partial charge in [-0.2, -0.15) is 0 Å². The van der Waals surface area contributed by atoms with Crippen molar-refractivity contribution in [1.29, 1.82) is 5.16 Å². The third-order valence-corrected chi connectivity index (χ3v) is 0.903. The van der Waals surface area contributed by atoms with E-state index in [1.807, 2.05) is 0 Å². The van der Waals surface area contributed by atoms with E-state index in [2.05, 4.69) is 12.8 Å². The average molecular weight is 110 g/mol. The molecule has 8 heavy (non-hydrogen) atoms. The summed E-state index contributed by atoms with van der Waals surface area (Å²) < 4.78 is 0. The molecule has 0 unspecified atom stereocenters. The summed E-state index contributed by atoms with van der Waals surface area (Å²) in [7, 11) is 3.50. The predicted molar refractivity (Wildman–Crippen MR) is 29.7 cm³/mol. The molecule has 42 valence electrons. The van der Waals surface area contributed by atoms with Crippen molar-refractivity contribution in [1.82, 2.24) is 5.32 Å². The largest absolute Gasteiger partial charge is 0.356 e. The van der Waals surface area contributed by atoms with Crippen LogP contribution in [0.2, 0.25) is 0 Å². The maximum absolute atomic E-state index is 10.1. The van der Waals surface area contributed by atoms with Gasteiger partial charge in [-0.15, -0.1) is 0 Å². The van der Waals surface area contributed by atoms with E-state index >= 15 is 0 Å².